The maximum absolute atomic E-state index is 12.7. The highest BCUT2D eigenvalue weighted by Crippen LogP contribution is 2.35. The number of nitrogens with one attached hydrogen (secondary N) is 1. The van der Waals surface area contributed by atoms with E-state index >= 15 is 0 Å². The second kappa shape index (κ2) is 8.29. The van der Waals surface area contributed by atoms with Crippen LogP contribution in [-0.2, 0) is 19.3 Å². The summed E-state index contributed by atoms with van der Waals surface area (Å²) in [5.74, 6) is 1.22. The van der Waals surface area contributed by atoms with E-state index in [1.807, 2.05) is 18.2 Å². The van der Waals surface area contributed by atoms with Gasteiger partial charge in [0.25, 0.3) is 5.91 Å². The third-order valence-corrected chi connectivity index (χ3v) is 6.47. The van der Waals surface area contributed by atoms with Crippen LogP contribution in [0, 0.1) is 0 Å². The summed E-state index contributed by atoms with van der Waals surface area (Å²) in [4.78, 5) is 18.9. The fourth-order valence-corrected chi connectivity index (χ4v) is 4.78. The number of rotatable bonds is 6. The largest absolute Gasteiger partial charge is 0.493 e. The first kappa shape index (κ1) is 19.5. The van der Waals surface area contributed by atoms with Gasteiger partial charge in [0.1, 0.15) is 9.71 Å². The van der Waals surface area contributed by atoms with Crippen molar-refractivity contribution in [3.05, 3.63) is 46.0 Å². The number of fused-ring (bicyclic) bond motifs is 2. The maximum Gasteiger partial charge on any atom is 0.263 e. The number of anilines is 1. The second-order valence-corrected chi connectivity index (χ2v) is 8.19. The minimum Gasteiger partial charge on any atom is -0.493 e. The summed E-state index contributed by atoms with van der Waals surface area (Å²) < 4.78 is 10.6. The van der Waals surface area contributed by atoms with Gasteiger partial charge in [-0.15, -0.1) is 11.3 Å². The molecule has 0 spiro atoms. The summed E-state index contributed by atoms with van der Waals surface area (Å²) in [5.41, 5.74) is 10.3. The van der Waals surface area contributed by atoms with E-state index in [1.54, 1.807) is 14.2 Å². The Labute approximate surface area is 174 Å². The molecule has 0 saturated carbocycles. The van der Waals surface area contributed by atoms with Gasteiger partial charge in [0, 0.05) is 17.6 Å². The van der Waals surface area contributed by atoms with Crippen molar-refractivity contribution in [1.82, 2.24) is 10.3 Å². The predicted octanol–water partition coefficient (Wildman–Crippen LogP) is 3.75. The van der Waals surface area contributed by atoms with E-state index in [1.165, 1.54) is 29.7 Å². The molecule has 152 valence electrons. The van der Waals surface area contributed by atoms with Crippen LogP contribution in [0.15, 0.2) is 24.3 Å². The lowest BCUT2D eigenvalue weighted by Crippen LogP contribution is -2.25. The highest BCUT2D eigenvalue weighted by Gasteiger charge is 2.20. The van der Waals surface area contributed by atoms with Gasteiger partial charge in [0.15, 0.2) is 11.5 Å². The van der Waals surface area contributed by atoms with E-state index in [-0.39, 0.29) is 5.91 Å². The lowest BCUT2D eigenvalue weighted by Gasteiger charge is -2.14. The highest BCUT2D eigenvalue weighted by molar-refractivity contribution is 7.21. The van der Waals surface area contributed by atoms with Crippen LogP contribution in [0.5, 0.6) is 11.5 Å². The number of carbonyl (C=O) groups is 1. The Balaban J connectivity index is 1.46. The molecule has 0 fully saturated rings. The minimum atomic E-state index is -0.149. The number of nitrogen functional groups attached to an aromatic ring is 1. The molecule has 0 bridgehead atoms. The van der Waals surface area contributed by atoms with Crippen molar-refractivity contribution in [1.29, 1.82) is 0 Å². The van der Waals surface area contributed by atoms with Crippen LogP contribution >= 0.6 is 11.3 Å². The monoisotopic (exact) mass is 411 g/mol. The second-order valence-electron chi connectivity index (χ2n) is 7.19. The lowest BCUT2D eigenvalue weighted by molar-refractivity contribution is 0.0959. The number of nitrogens with zero attached hydrogens (tertiary/aromatic N) is 1. The Hall–Kier alpha value is -2.80. The zero-order valence-electron chi connectivity index (χ0n) is 16.7. The van der Waals surface area contributed by atoms with Gasteiger partial charge in [-0.25, -0.2) is 4.98 Å². The molecule has 0 saturated heterocycles. The lowest BCUT2D eigenvalue weighted by atomic mass is 9.95. The Bertz CT molecular complexity index is 1060. The maximum atomic E-state index is 12.7. The van der Waals surface area contributed by atoms with E-state index in [0.717, 1.165) is 34.3 Å². The molecule has 0 unspecified atom stereocenters. The van der Waals surface area contributed by atoms with Crippen molar-refractivity contribution >= 4 is 33.1 Å². The normalized spacial score (nSPS) is 13.2. The number of benzene rings is 1. The van der Waals surface area contributed by atoms with Gasteiger partial charge in [-0.3, -0.25) is 4.79 Å². The van der Waals surface area contributed by atoms with Crippen LogP contribution in [0.1, 0.15) is 39.3 Å². The fraction of sp³-hybridized carbons (Fsp3) is 0.364. The summed E-state index contributed by atoms with van der Waals surface area (Å²) in [6, 6.07) is 7.89. The van der Waals surface area contributed by atoms with Crippen molar-refractivity contribution in [3.8, 4) is 11.5 Å². The Kier molecular flexibility index (Phi) is 5.58. The number of ether oxygens (including phenoxy) is 2. The van der Waals surface area contributed by atoms with Crippen LogP contribution in [0.2, 0.25) is 0 Å². The number of thiophene rings is 1. The molecular formula is C22H25N3O3S. The summed E-state index contributed by atoms with van der Waals surface area (Å²) in [6.07, 6.45) is 5.10. The highest BCUT2D eigenvalue weighted by atomic mass is 32.1. The molecule has 0 radical (unpaired) electrons. The Morgan fingerprint density at radius 1 is 1.17 bits per heavy atom. The average Bonchev–Trinajstić information content (AvgIpc) is 3.07. The number of aromatic nitrogens is 1. The standard InChI is InChI=1S/C22H25N3O3S/c1-27-17-8-7-13(11-18(17)28-2)9-10-24-21(26)20-19(23)15-12-14-5-3-4-6-16(14)25-22(15)29-20/h7-8,11-12H,3-6,9-10,23H2,1-2H3,(H,24,26). The molecule has 0 aliphatic heterocycles. The summed E-state index contributed by atoms with van der Waals surface area (Å²) in [7, 11) is 3.22. The number of hydrogen-bond donors (Lipinski definition) is 2. The van der Waals surface area contributed by atoms with E-state index in [4.69, 9.17) is 20.2 Å². The third-order valence-electron chi connectivity index (χ3n) is 5.35. The van der Waals surface area contributed by atoms with Gasteiger partial charge < -0.3 is 20.5 Å². The minimum absolute atomic E-state index is 0.149. The number of aryl methyl sites for hydroxylation is 2. The fourth-order valence-electron chi connectivity index (χ4n) is 3.76. The molecule has 1 amide bonds. The number of methoxy groups -OCH3 is 2. The predicted molar refractivity (Wildman–Crippen MR) is 116 cm³/mol. The van der Waals surface area contributed by atoms with E-state index < -0.39 is 0 Å². The molecule has 3 aromatic rings. The zero-order chi connectivity index (χ0) is 20.4. The van der Waals surface area contributed by atoms with Crippen LogP contribution < -0.4 is 20.5 Å². The van der Waals surface area contributed by atoms with Gasteiger partial charge in [-0.1, -0.05) is 6.07 Å². The Morgan fingerprint density at radius 2 is 1.97 bits per heavy atom. The van der Waals surface area contributed by atoms with Crippen molar-refractivity contribution < 1.29 is 14.3 Å². The molecule has 1 aliphatic carbocycles. The SMILES string of the molecule is COc1ccc(CCNC(=O)c2sc3nc4c(cc3c2N)CCCC4)cc1OC. The van der Waals surface area contributed by atoms with Crippen LogP contribution in [0.3, 0.4) is 0 Å². The van der Waals surface area contributed by atoms with E-state index in [0.29, 0.717) is 35.0 Å². The quantitative estimate of drug-likeness (QED) is 0.645. The summed E-state index contributed by atoms with van der Waals surface area (Å²) in [5, 5.41) is 3.88. The average molecular weight is 412 g/mol. The number of pyridine rings is 1. The van der Waals surface area contributed by atoms with E-state index in [9.17, 15) is 4.79 Å². The molecule has 7 heteroatoms. The van der Waals surface area contributed by atoms with Crippen molar-refractivity contribution in [2.75, 3.05) is 26.5 Å². The van der Waals surface area contributed by atoms with Gasteiger partial charge >= 0.3 is 0 Å². The first-order valence-electron chi connectivity index (χ1n) is 9.80. The molecule has 29 heavy (non-hydrogen) atoms. The van der Waals surface area contributed by atoms with Gasteiger partial charge in [-0.2, -0.15) is 0 Å². The molecule has 1 aliphatic rings. The molecule has 4 rings (SSSR count). The van der Waals surface area contributed by atoms with E-state index in [2.05, 4.69) is 11.4 Å². The first-order chi connectivity index (χ1) is 14.1. The topological polar surface area (TPSA) is 86.5 Å². The van der Waals surface area contributed by atoms with Crippen molar-refractivity contribution in [2.45, 2.75) is 32.1 Å². The number of hydrogen-bond acceptors (Lipinski definition) is 6. The first-order valence-corrected chi connectivity index (χ1v) is 10.6. The van der Waals surface area contributed by atoms with Crippen LogP contribution in [0.25, 0.3) is 10.2 Å². The van der Waals surface area contributed by atoms with Gasteiger partial charge in [0.2, 0.25) is 0 Å². The van der Waals surface area contributed by atoms with Crippen LogP contribution in [-0.4, -0.2) is 31.7 Å². The molecule has 3 N–H and O–H groups in total. The number of nitrogens with two attached hydrogens (primary N) is 1. The van der Waals surface area contributed by atoms with Gasteiger partial charge in [0.05, 0.1) is 19.9 Å². The number of carbonyl (C=O) groups excluding carboxylic acids is 1. The summed E-state index contributed by atoms with van der Waals surface area (Å²) >= 11 is 1.38. The summed E-state index contributed by atoms with van der Waals surface area (Å²) in [6.45, 7) is 0.506. The zero-order valence-corrected chi connectivity index (χ0v) is 17.5. The molecule has 1 aromatic carbocycles. The smallest absolute Gasteiger partial charge is 0.263 e. The molecule has 6 nitrogen and oxygen atoms in total. The van der Waals surface area contributed by atoms with Crippen molar-refractivity contribution in [2.24, 2.45) is 0 Å². The van der Waals surface area contributed by atoms with Crippen LogP contribution in [0.4, 0.5) is 5.69 Å². The Morgan fingerprint density at radius 3 is 2.76 bits per heavy atom. The molecule has 0 atom stereocenters. The molecule has 2 heterocycles. The van der Waals surface area contributed by atoms with Crippen molar-refractivity contribution in [3.63, 3.8) is 0 Å². The van der Waals surface area contributed by atoms with Gasteiger partial charge in [-0.05, 0) is 61.4 Å². The third kappa shape index (κ3) is 3.87. The molecule has 2 aromatic heterocycles. The molecular weight excluding hydrogens is 386 g/mol. The number of amides is 1.